The number of hydrogen-bond acceptors (Lipinski definition) is 5. The zero-order chi connectivity index (χ0) is 24.6. The molecule has 180 valence electrons. The number of rotatable bonds is 7. The van der Waals surface area contributed by atoms with Crippen molar-refractivity contribution in [2.24, 2.45) is 0 Å². The van der Waals surface area contributed by atoms with E-state index in [-0.39, 0.29) is 23.9 Å². The van der Waals surface area contributed by atoms with Gasteiger partial charge in [0.15, 0.2) is 0 Å². The molecular weight excluding hydrogens is 446 g/mol. The number of anilines is 1. The quantitative estimate of drug-likeness (QED) is 0.539. The number of amides is 2. The zero-order valence-electron chi connectivity index (χ0n) is 19.2. The van der Waals surface area contributed by atoms with Gasteiger partial charge in [-0.25, -0.2) is 4.79 Å². The van der Waals surface area contributed by atoms with Crippen LogP contribution in [0.2, 0.25) is 0 Å². The summed E-state index contributed by atoms with van der Waals surface area (Å²) >= 11 is 0. The normalized spacial score (nSPS) is 14.1. The second-order valence-electron chi connectivity index (χ2n) is 8.29. The van der Waals surface area contributed by atoms with Crippen molar-refractivity contribution >= 4 is 23.5 Å². The predicted octanol–water partition coefficient (Wildman–Crippen LogP) is 3.96. The van der Waals surface area contributed by atoms with Crippen molar-refractivity contribution in [1.29, 1.82) is 0 Å². The van der Waals surface area contributed by atoms with Crippen LogP contribution in [0.3, 0.4) is 0 Å². The van der Waals surface area contributed by atoms with Crippen LogP contribution in [0.4, 0.5) is 5.69 Å². The Bertz CT molecular complexity index is 1160. The van der Waals surface area contributed by atoms with E-state index in [0.717, 1.165) is 12.2 Å². The Kier molecular flexibility index (Phi) is 7.74. The molecule has 1 heterocycles. The highest BCUT2D eigenvalue weighted by Gasteiger charge is 2.21. The summed E-state index contributed by atoms with van der Waals surface area (Å²) in [6, 6.07) is 22.6. The highest BCUT2D eigenvalue weighted by Crippen LogP contribution is 2.22. The first-order valence-electron chi connectivity index (χ1n) is 11.5. The molecule has 0 spiro atoms. The summed E-state index contributed by atoms with van der Waals surface area (Å²) in [5, 5.41) is 11.9. The number of nitrogens with zero attached hydrogens (tertiary/aromatic N) is 2. The lowest BCUT2D eigenvalue weighted by Crippen LogP contribution is -2.38. The van der Waals surface area contributed by atoms with Crippen LogP contribution >= 0.6 is 0 Å². The highest BCUT2D eigenvalue weighted by molar-refractivity contribution is 5.96. The van der Waals surface area contributed by atoms with Crippen LogP contribution in [0.25, 0.3) is 0 Å². The Morgan fingerprint density at radius 2 is 1.43 bits per heavy atom. The van der Waals surface area contributed by atoms with Crippen LogP contribution < -0.4 is 10.1 Å². The SMILES string of the molecule is O=C(CN1CCCN(C(=O)c2ccc(C(=O)O)cc2)CC1)Nc1ccc(Oc2ccccc2)cc1. The molecule has 1 fully saturated rings. The molecule has 0 unspecified atom stereocenters. The molecule has 35 heavy (non-hydrogen) atoms. The maximum Gasteiger partial charge on any atom is 0.335 e. The predicted molar refractivity (Wildman–Crippen MR) is 132 cm³/mol. The average Bonchev–Trinajstić information content (AvgIpc) is 3.11. The van der Waals surface area contributed by atoms with Crippen molar-refractivity contribution in [1.82, 2.24) is 9.80 Å². The van der Waals surface area contributed by atoms with Crippen LogP contribution in [-0.2, 0) is 4.79 Å². The fourth-order valence-electron chi connectivity index (χ4n) is 3.90. The molecule has 8 nitrogen and oxygen atoms in total. The number of aromatic carboxylic acids is 1. The molecule has 4 rings (SSSR count). The summed E-state index contributed by atoms with van der Waals surface area (Å²) in [7, 11) is 0. The van der Waals surface area contributed by atoms with E-state index in [1.165, 1.54) is 24.3 Å². The number of carbonyl (C=O) groups is 3. The number of nitrogens with one attached hydrogen (secondary N) is 1. The lowest BCUT2D eigenvalue weighted by atomic mass is 10.1. The molecular formula is C27H27N3O5. The van der Waals surface area contributed by atoms with Gasteiger partial charge in [0, 0.05) is 37.4 Å². The second-order valence-corrected chi connectivity index (χ2v) is 8.29. The van der Waals surface area contributed by atoms with Crippen LogP contribution in [0.1, 0.15) is 27.1 Å². The smallest absolute Gasteiger partial charge is 0.335 e. The number of ether oxygens (including phenoxy) is 1. The number of carbonyl (C=O) groups excluding carboxylic acids is 2. The molecule has 0 aliphatic carbocycles. The maximum absolute atomic E-state index is 12.8. The van der Waals surface area contributed by atoms with E-state index in [1.54, 1.807) is 29.2 Å². The standard InChI is InChI=1S/C27H27N3O5/c31-25(28-22-11-13-24(14-12-22)35-23-5-2-1-3-6-23)19-29-15-4-16-30(18-17-29)26(32)20-7-9-21(10-8-20)27(33)34/h1-3,5-14H,4,15-19H2,(H,28,31)(H,33,34). The third-order valence-electron chi connectivity index (χ3n) is 5.74. The van der Waals surface area contributed by atoms with Gasteiger partial charge >= 0.3 is 5.97 Å². The fourth-order valence-corrected chi connectivity index (χ4v) is 3.90. The van der Waals surface area contributed by atoms with E-state index in [9.17, 15) is 14.4 Å². The Balaban J connectivity index is 1.26. The molecule has 3 aromatic carbocycles. The van der Waals surface area contributed by atoms with Gasteiger partial charge in [-0.15, -0.1) is 0 Å². The van der Waals surface area contributed by atoms with E-state index in [1.807, 2.05) is 35.2 Å². The Hall–Kier alpha value is -4.17. The summed E-state index contributed by atoms with van der Waals surface area (Å²) < 4.78 is 5.77. The van der Waals surface area contributed by atoms with Gasteiger partial charge in [0.05, 0.1) is 12.1 Å². The van der Waals surface area contributed by atoms with Gasteiger partial charge in [-0.2, -0.15) is 0 Å². The monoisotopic (exact) mass is 473 g/mol. The van der Waals surface area contributed by atoms with E-state index in [0.29, 0.717) is 43.2 Å². The maximum atomic E-state index is 12.8. The topological polar surface area (TPSA) is 99.2 Å². The molecule has 8 heteroatoms. The van der Waals surface area contributed by atoms with Crippen molar-refractivity contribution in [3.05, 3.63) is 90.0 Å². The van der Waals surface area contributed by atoms with Crippen molar-refractivity contribution in [2.75, 3.05) is 38.0 Å². The summed E-state index contributed by atoms with van der Waals surface area (Å²) in [5.41, 5.74) is 1.29. The Labute approximate surface area is 203 Å². The zero-order valence-corrected chi connectivity index (χ0v) is 19.2. The number of carboxylic acid groups (broad SMARTS) is 1. The lowest BCUT2D eigenvalue weighted by molar-refractivity contribution is -0.117. The van der Waals surface area contributed by atoms with E-state index in [4.69, 9.17) is 9.84 Å². The van der Waals surface area contributed by atoms with Gasteiger partial charge in [0.2, 0.25) is 5.91 Å². The molecule has 2 N–H and O–H groups in total. The molecule has 0 aromatic heterocycles. The molecule has 0 bridgehead atoms. The van der Waals surface area contributed by atoms with Crippen molar-refractivity contribution in [3.8, 4) is 11.5 Å². The van der Waals surface area contributed by atoms with E-state index in [2.05, 4.69) is 5.32 Å². The first-order valence-corrected chi connectivity index (χ1v) is 11.5. The van der Waals surface area contributed by atoms with E-state index >= 15 is 0 Å². The van der Waals surface area contributed by atoms with Gasteiger partial charge < -0.3 is 20.1 Å². The molecule has 3 aromatic rings. The molecule has 1 aliphatic heterocycles. The van der Waals surface area contributed by atoms with Crippen LogP contribution in [0, 0.1) is 0 Å². The van der Waals surface area contributed by atoms with Crippen LogP contribution in [-0.4, -0.2) is 65.4 Å². The number of hydrogen-bond donors (Lipinski definition) is 2. The first-order chi connectivity index (χ1) is 17.0. The van der Waals surface area contributed by atoms with Gasteiger partial charge in [-0.05, 0) is 67.1 Å². The Morgan fingerprint density at radius 1 is 0.771 bits per heavy atom. The Morgan fingerprint density at radius 3 is 2.11 bits per heavy atom. The molecule has 0 atom stereocenters. The second kappa shape index (κ2) is 11.3. The summed E-state index contributed by atoms with van der Waals surface area (Å²) in [4.78, 5) is 40.2. The largest absolute Gasteiger partial charge is 0.478 e. The molecule has 0 saturated carbocycles. The van der Waals surface area contributed by atoms with Gasteiger partial charge in [0.25, 0.3) is 5.91 Å². The third-order valence-corrected chi connectivity index (χ3v) is 5.74. The van der Waals surface area contributed by atoms with Crippen molar-refractivity contribution in [3.63, 3.8) is 0 Å². The first kappa shape index (κ1) is 24.0. The summed E-state index contributed by atoms with van der Waals surface area (Å²) in [5.74, 6) is 0.153. The molecule has 0 radical (unpaired) electrons. The minimum absolute atomic E-state index is 0.120. The number of para-hydroxylation sites is 1. The van der Waals surface area contributed by atoms with Gasteiger partial charge in [0.1, 0.15) is 11.5 Å². The summed E-state index contributed by atoms with van der Waals surface area (Å²) in [6.07, 6.45) is 0.748. The highest BCUT2D eigenvalue weighted by atomic mass is 16.5. The minimum atomic E-state index is -1.02. The van der Waals surface area contributed by atoms with Crippen molar-refractivity contribution in [2.45, 2.75) is 6.42 Å². The molecule has 1 aliphatic rings. The molecule has 1 saturated heterocycles. The average molecular weight is 474 g/mol. The van der Waals surface area contributed by atoms with Crippen LogP contribution in [0.15, 0.2) is 78.9 Å². The number of carboxylic acids is 1. The summed E-state index contributed by atoms with van der Waals surface area (Å²) in [6.45, 7) is 2.60. The van der Waals surface area contributed by atoms with Crippen molar-refractivity contribution < 1.29 is 24.2 Å². The van der Waals surface area contributed by atoms with Gasteiger partial charge in [-0.1, -0.05) is 18.2 Å². The minimum Gasteiger partial charge on any atom is -0.478 e. The fraction of sp³-hybridized carbons (Fsp3) is 0.222. The van der Waals surface area contributed by atoms with Crippen LogP contribution in [0.5, 0.6) is 11.5 Å². The third kappa shape index (κ3) is 6.68. The van der Waals surface area contributed by atoms with E-state index < -0.39 is 5.97 Å². The van der Waals surface area contributed by atoms with Gasteiger partial charge in [-0.3, -0.25) is 14.5 Å². The lowest BCUT2D eigenvalue weighted by Gasteiger charge is -2.22. The number of benzene rings is 3. The molecule has 2 amide bonds.